The standard InChI is InChI=1S/C11H10F3N3O2/c1-16-8-4-6(11(12,13)14)2-3-7(8)9(18)17(5-15)10(16)19/h2-4H,5,15H2,1H3. The topological polar surface area (TPSA) is 70.0 Å². The summed E-state index contributed by atoms with van der Waals surface area (Å²) in [6.07, 6.45) is -4.53. The van der Waals surface area contributed by atoms with E-state index in [0.717, 1.165) is 27.3 Å². The van der Waals surface area contributed by atoms with Gasteiger partial charge < -0.3 is 5.73 Å². The van der Waals surface area contributed by atoms with Crippen molar-refractivity contribution in [2.24, 2.45) is 12.8 Å². The van der Waals surface area contributed by atoms with Gasteiger partial charge in [0, 0.05) is 7.05 Å². The lowest BCUT2D eigenvalue weighted by Crippen LogP contribution is -2.41. The van der Waals surface area contributed by atoms with E-state index in [-0.39, 0.29) is 17.6 Å². The van der Waals surface area contributed by atoms with E-state index in [2.05, 4.69) is 0 Å². The van der Waals surface area contributed by atoms with Crippen LogP contribution in [0, 0.1) is 0 Å². The molecule has 0 aliphatic carbocycles. The van der Waals surface area contributed by atoms with E-state index in [1.54, 1.807) is 0 Å². The van der Waals surface area contributed by atoms with Crippen molar-refractivity contribution >= 4 is 10.9 Å². The number of halogens is 3. The molecule has 0 saturated heterocycles. The van der Waals surface area contributed by atoms with Crippen molar-refractivity contribution in [1.29, 1.82) is 0 Å². The Kier molecular flexibility index (Phi) is 2.97. The van der Waals surface area contributed by atoms with Crippen molar-refractivity contribution in [3.05, 3.63) is 44.6 Å². The van der Waals surface area contributed by atoms with Crippen molar-refractivity contribution in [3.63, 3.8) is 0 Å². The number of nitrogens with two attached hydrogens (primary N) is 1. The van der Waals surface area contributed by atoms with Crippen LogP contribution in [-0.4, -0.2) is 9.13 Å². The molecule has 0 spiro atoms. The molecule has 0 amide bonds. The van der Waals surface area contributed by atoms with Gasteiger partial charge >= 0.3 is 11.9 Å². The summed E-state index contributed by atoms with van der Waals surface area (Å²) in [5, 5.41) is 0.0144. The van der Waals surface area contributed by atoms with Crippen molar-refractivity contribution < 1.29 is 13.2 Å². The summed E-state index contributed by atoms with van der Waals surface area (Å²) in [5.74, 6) is 0. The smallest absolute Gasteiger partial charge is 0.313 e. The minimum absolute atomic E-state index is 0.0144. The minimum Gasteiger partial charge on any atom is -0.313 e. The van der Waals surface area contributed by atoms with Gasteiger partial charge in [-0.1, -0.05) is 0 Å². The second-order valence-electron chi connectivity index (χ2n) is 3.99. The summed E-state index contributed by atoms with van der Waals surface area (Å²) in [6, 6.07) is 2.63. The van der Waals surface area contributed by atoms with Crippen molar-refractivity contribution in [2.75, 3.05) is 0 Å². The van der Waals surface area contributed by atoms with E-state index in [1.807, 2.05) is 0 Å². The van der Waals surface area contributed by atoms with Crippen molar-refractivity contribution in [1.82, 2.24) is 9.13 Å². The zero-order valence-corrected chi connectivity index (χ0v) is 9.86. The van der Waals surface area contributed by atoms with Crippen LogP contribution in [0.1, 0.15) is 5.56 Å². The fourth-order valence-corrected chi connectivity index (χ4v) is 1.84. The molecule has 1 aromatic carbocycles. The Morgan fingerprint density at radius 3 is 2.42 bits per heavy atom. The van der Waals surface area contributed by atoms with Gasteiger partial charge in [-0.2, -0.15) is 13.2 Å². The maximum atomic E-state index is 12.6. The Hall–Kier alpha value is -2.09. The SMILES string of the molecule is Cn1c(=O)n(CN)c(=O)c2ccc(C(F)(F)F)cc21. The Balaban J connectivity index is 2.94. The van der Waals surface area contributed by atoms with Crippen LogP contribution in [0.3, 0.4) is 0 Å². The van der Waals surface area contributed by atoms with Crippen molar-refractivity contribution in [2.45, 2.75) is 12.8 Å². The third-order valence-corrected chi connectivity index (χ3v) is 2.86. The first kappa shape index (κ1) is 13.3. The molecule has 2 aromatic rings. The second-order valence-corrected chi connectivity index (χ2v) is 3.99. The molecule has 5 nitrogen and oxygen atoms in total. The van der Waals surface area contributed by atoms with Crippen LogP contribution < -0.4 is 17.0 Å². The Bertz CT molecular complexity index is 759. The number of alkyl halides is 3. The average Bonchev–Trinajstić information content (AvgIpc) is 2.35. The van der Waals surface area contributed by atoms with Crippen LogP contribution in [0.4, 0.5) is 13.2 Å². The van der Waals surface area contributed by atoms with Gasteiger partial charge in [0.1, 0.15) is 0 Å². The second kappa shape index (κ2) is 4.23. The number of fused-ring (bicyclic) bond motifs is 1. The molecule has 0 radical (unpaired) electrons. The Labute approximate surface area is 104 Å². The molecule has 0 aliphatic heterocycles. The maximum absolute atomic E-state index is 12.6. The van der Waals surface area contributed by atoms with Gasteiger partial charge in [0.25, 0.3) is 5.56 Å². The van der Waals surface area contributed by atoms with Crippen LogP contribution in [0.25, 0.3) is 10.9 Å². The first-order chi connectivity index (χ1) is 8.77. The summed E-state index contributed by atoms with van der Waals surface area (Å²) in [6.45, 7) is -0.331. The first-order valence-electron chi connectivity index (χ1n) is 5.28. The molecule has 0 aliphatic rings. The molecule has 2 N–H and O–H groups in total. The summed E-state index contributed by atoms with van der Waals surface area (Å²) < 4.78 is 39.5. The van der Waals surface area contributed by atoms with Crippen LogP contribution in [0.5, 0.6) is 0 Å². The maximum Gasteiger partial charge on any atom is 0.416 e. The molecule has 1 heterocycles. The predicted octanol–water partition coefficient (Wildman–Crippen LogP) is 0.635. The summed E-state index contributed by atoms with van der Waals surface area (Å²) >= 11 is 0. The van der Waals surface area contributed by atoms with E-state index >= 15 is 0 Å². The van der Waals surface area contributed by atoms with E-state index in [0.29, 0.717) is 0 Å². The molecule has 19 heavy (non-hydrogen) atoms. The average molecular weight is 273 g/mol. The number of nitrogens with zero attached hydrogens (tertiary/aromatic N) is 2. The van der Waals surface area contributed by atoms with Gasteiger partial charge in [-0.05, 0) is 18.2 Å². The van der Waals surface area contributed by atoms with Gasteiger partial charge in [-0.3, -0.25) is 9.36 Å². The zero-order chi connectivity index (χ0) is 14.4. The summed E-state index contributed by atoms with van der Waals surface area (Å²) in [5.41, 5.74) is 2.84. The Morgan fingerprint density at radius 2 is 1.89 bits per heavy atom. The molecule has 102 valence electrons. The molecule has 0 bridgehead atoms. The molecule has 0 fully saturated rings. The molecule has 2 rings (SSSR count). The van der Waals surface area contributed by atoms with Crippen LogP contribution >= 0.6 is 0 Å². The van der Waals surface area contributed by atoms with Gasteiger partial charge in [-0.25, -0.2) is 9.36 Å². The lowest BCUT2D eigenvalue weighted by Gasteiger charge is -2.11. The number of rotatable bonds is 1. The highest BCUT2D eigenvalue weighted by Crippen LogP contribution is 2.30. The molecular formula is C11H10F3N3O2. The van der Waals surface area contributed by atoms with Gasteiger partial charge in [-0.15, -0.1) is 0 Å². The van der Waals surface area contributed by atoms with Crippen LogP contribution in [0.2, 0.25) is 0 Å². The minimum atomic E-state index is -4.53. The van der Waals surface area contributed by atoms with Gasteiger partial charge in [0.05, 0.1) is 23.1 Å². The lowest BCUT2D eigenvalue weighted by atomic mass is 10.1. The molecule has 0 saturated carbocycles. The predicted molar refractivity (Wildman–Crippen MR) is 62.6 cm³/mol. The highest BCUT2D eigenvalue weighted by Gasteiger charge is 2.31. The molecule has 0 unspecified atom stereocenters. The van der Waals surface area contributed by atoms with Gasteiger partial charge in [0.15, 0.2) is 0 Å². The van der Waals surface area contributed by atoms with Crippen molar-refractivity contribution in [3.8, 4) is 0 Å². The fourth-order valence-electron chi connectivity index (χ4n) is 1.84. The first-order valence-corrected chi connectivity index (χ1v) is 5.28. The fraction of sp³-hybridized carbons (Fsp3) is 0.273. The quantitative estimate of drug-likeness (QED) is 0.828. The van der Waals surface area contributed by atoms with Gasteiger partial charge in [0.2, 0.25) is 0 Å². The molecular weight excluding hydrogens is 263 g/mol. The number of aromatic nitrogens is 2. The van der Waals surface area contributed by atoms with E-state index in [4.69, 9.17) is 5.73 Å². The summed E-state index contributed by atoms with van der Waals surface area (Å²) in [7, 11) is 1.29. The normalized spacial score (nSPS) is 12.1. The highest BCUT2D eigenvalue weighted by molar-refractivity contribution is 5.78. The van der Waals surface area contributed by atoms with E-state index in [1.165, 1.54) is 7.05 Å². The number of hydrogen-bond acceptors (Lipinski definition) is 3. The van der Waals surface area contributed by atoms with E-state index < -0.39 is 23.0 Å². The highest BCUT2D eigenvalue weighted by atomic mass is 19.4. The van der Waals surface area contributed by atoms with Crippen LogP contribution in [-0.2, 0) is 19.9 Å². The number of aryl methyl sites for hydroxylation is 1. The Morgan fingerprint density at radius 1 is 1.26 bits per heavy atom. The van der Waals surface area contributed by atoms with Crippen LogP contribution in [0.15, 0.2) is 27.8 Å². The largest absolute Gasteiger partial charge is 0.416 e. The third-order valence-electron chi connectivity index (χ3n) is 2.86. The zero-order valence-electron chi connectivity index (χ0n) is 9.86. The molecule has 8 heteroatoms. The lowest BCUT2D eigenvalue weighted by molar-refractivity contribution is -0.137. The number of hydrogen-bond donors (Lipinski definition) is 1. The number of benzene rings is 1. The molecule has 1 aromatic heterocycles. The van der Waals surface area contributed by atoms with E-state index in [9.17, 15) is 22.8 Å². The monoisotopic (exact) mass is 273 g/mol. The third kappa shape index (κ3) is 2.03. The summed E-state index contributed by atoms with van der Waals surface area (Å²) in [4.78, 5) is 23.6. The molecule has 0 atom stereocenters.